The minimum atomic E-state index is -0.647. The van der Waals surface area contributed by atoms with Gasteiger partial charge in [0.05, 0.1) is 24.6 Å². The molecule has 0 saturated carbocycles. The van der Waals surface area contributed by atoms with Crippen LogP contribution in [0.15, 0.2) is 18.3 Å². The summed E-state index contributed by atoms with van der Waals surface area (Å²) in [4.78, 5) is 8.42. The molecule has 1 aliphatic rings. The number of halogens is 1. The Morgan fingerprint density at radius 3 is 2.35 bits per heavy atom. The molecule has 5 nitrogen and oxygen atoms in total. The number of rotatable bonds is 6. The van der Waals surface area contributed by atoms with Gasteiger partial charge in [0.2, 0.25) is 0 Å². The Hall–Kier alpha value is -1.08. The second-order valence-corrected chi connectivity index (χ2v) is 5.11. The summed E-state index contributed by atoms with van der Waals surface area (Å²) in [6, 6.07) is 2.85. The number of aliphatic hydroxyl groups is 2. The first-order chi connectivity index (χ1) is 9.69. The molecule has 1 atom stereocenters. The average Bonchev–Trinajstić information content (AvgIpc) is 2.47. The van der Waals surface area contributed by atoms with Gasteiger partial charge in [-0.1, -0.05) is 0 Å². The van der Waals surface area contributed by atoms with Crippen LogP contribution in [-0.4, -0.2) is 70.9 Å². The van der Waals surface area contributed by atoms with Crippen LogP contribution in [0.4, 0.5) is 4.39 Å². The van der Waals surface area contributed by atoms with E-state index in [-0.39, 0.29) is 12.4 Å². The monoisotopic (exact) mass is 283 g/mol. The van der Waals surface area contributed by atoms with Crippen molar-refractivity contribution in [2.75, 3.05) is 45.9 Å². The van der Waals surface area contributed by atoms with Crippen molar-refractivity contribution >= 4 is 0 Å². The lowest BCUT2D eigenvalue weighted by Crippen LogP contribution is -2.47. The van der Waals surface area contributed by atoms with Crippen molar-refractivity contribution in [2.24, 2.45) is 0 Å². The van der Waals surface area contributed by atoms with Gasteiger partial charge in [0, 0.05) is 39.3 Å². The van der Waals surface area contributed by atoms with E-state index in [9.17, 15) is 9.50 Å². The van der Waals surface area contributed by atoms with E-state index < -0.39 is 6.10 Å². The van der Waals surface area contributed by atoms with Crippen LogP contribution in [0.5, 0.6) is 0 Å². The highest BCUT2D eigenvalue weighted by molar-refractivity contribution is 5.07. The van der Waals surface area contributed by atoms with Crippen LogP contribution in [0.1, 0.15) is 18.2 Å². The zero-order valence-electron chi connectivity index (χ0n) is 11.6. The Bertz CT molecular complexity index is 394. The van der Waals surface area contributed by atoms with Gasteiger partial charge in [-0.15, -0.1) is 0 Å². The molecule has 1 fully saturated rings. The molecule has 0 aliphatic carbocycles. The van der Waals surface area contributed by atoms with Crippen LogP contribution in [-0.2, 0) is 0 Å². The predicted octanol–water partition coefficient (Wildman–Crippen LogP) is 0.254. The number of aliphatic hydroxyl groups excluding tert-OH is 2. The molecule has 1 aromatic heterocycles. The SMILES string of the molecule is OCCN1CCN(CCC(O)c2ccc(F)cn2)CC1. The highest BCUT2D eigenvalue weighted by atomic mass is 19.1. The van der Waals surface area contributed by atoms with E-state index in [1.165, 1.54) is 12.1 Å². The standard InChI is InChI=1S/C14H22FN3O2/c15-12-1-2-13(16-11-12)14(20)3-4-17-5-7-18(8-6-17)9-10-19/h1-2,11,14,19-20H,3-10H2. The molecule has 0 aromatic carbocycles. The van der Waals surface area contributed by atoms with Gasteiger partial charge < -0.3 is 15.1 Å². The maximum absolute atomic E-state index is 12.8. The molecule has 112 valence electrons. The van der Waals surface area contributed by atoms with E-state index in [2.05, 4.69) is 14.8 Å². The lowest BCUT2D eigenvalue weighted by Gasteiger charge is -2.34. The fourth-order valence-electron chi connectivity index (χ4n) is 2.42. The van der Waals surface area contributed by atoms with Gasteiger partial charge in [0.15, 0.2) is 0 Å². The first kappa shape index (κ1) is 15.3. The van der Waals surface area contributed by atoms with E-state index in [4.69, 9.17) is 5.11 Å². The molecule has 20 heavy (non-hydrogen) atoms. The molecule has 6 heteroatoms. The topological polar surface area (TPSA) is 59.8 Å². The summed E-state index contributed by atoms with van der Waals surface area (Å²) in [5.74, 6) is -0.388. The smallest absolute Gasteiger partial charge is 0.141 e. The van der Waals surface area contributed by atoms with Crippen molar-refractivity contribution in [1.29, 1.82) is 0 Å². The van der Waals surface area contributed by atoms with Gasteiger partial charge in [0.1, 0.15) is 5.82 Å². The van der Waals surface area contributed by atoms with Gasteiger partial charge in [-0.25, -0.2) is 4.39 Å². The van der Waals surface area contributed by atoms with Crippen molar-refractivity contribution in [3.63, 3.8) is 0 Å². The molecular formula is C14H22FN3O2. The summed E-state index contributed by atoms with van der Waals surface area (Å²) in [5.41, 5.74) is 0.519. The third kappa shape index (κ3) is 4.49. The molecule has 0 amide bonds. The van der Waals surface area contributed by atoms with E-state index in [0.717, 1.165) is 45.5 Å². The lowest BCUT2D eigenvalue weighted by molar-refractivity contribution is 0.0912. The molecule has 2 rings (SSSR count). The fourth-order valence-corrected chi connectivity index (χ4v) is 2.42. The summed E-state index contributed by atoms with van der Waals surface area (Å²) >= 11 is 0. The molecule has 0 bridgehead atoms. The summed E-state index contributed by atoms with van der Waals surface area (Å²) in [6.45, 7) is 5.53. The second kappa shape index (κ2) is 7.64. The molecular weight excluding hydrogens is 261 g/mol. The average molecular weight is 283 g/mol. The summed E-state index contributed by atoms with van der Waals surface area (Å²) in [6.07, 6.45) is 1.08. The molecule has 2 N–H and O–H groups in total. The molecule has 1 aliphatic heterocycles. The normalized spacial score (nSPS) is 19.1. The number of aromatic nitrogens is 1. The van der Waals surface area contributed by atoms with Crippen LogP contribution in [0.3, 0.4) is 0 Å². The van der Waals surface area contributed by atoms with E-state index in [1.54, 1.807) is 0 Å². The van der Waals surface area contributed by atoms with Crippen molar-refractivity contribution in [2.45, 2.75) is 12.5 Å². The zero-order valence-corrected chi connectivity index (χ0v) is 11.6. The first-order valence-electron chi connectivity index (χ1n) is 7.04. The lowest BCUT2D eigenvalue weighted by atomic mass is 10.1. The predicted molar refractivity (Wildman–Crippen MR) is 73.7 cm³/mol. The number of β-amino-alcohol motifs (C(OH)–C–C–N with tert-alkyl or cyclic N) is 1. The number of hydrogen-bond acceptors (Lipinski definition) is 5. The van der Waals surface area contributed by atoms with Gasteiger partial charge in [-0.05, 0) is 18.6 Å². The molecule has 0 radical (unpaired) electrons. The Labute approximate surface area is 118 Å². The Balaban J connectivity index is 1.71. The number of nitrogens with zero attached hydrogens (tertiary/aromatic N) is 3. The van der Waals surface area contributed by atoms with Crippen molar-refractivity contribution in [1.82, 2.24) is 14.8 Å². The molecule has 1 unspecified atom stereocenters. The minimum absolute atomic E-state index is 0.203. The number of piperazine rings is 1. The molecule has 0 spiro atoms. The quantitative estimate of drug-likeness (QED) is 0.784. The van der Waals surface area contributed by atoms with Crippen LogP contribution in [0.25, 0.3) is 0 Å². The molecule has 2 heterocycles. The maximum Gasteiger partial charge on any atom is 0.141 e. The molecule has 1 aromatic rings. The van der Waals surface area contributed by atoms with Crippen molar-refractivity contribution in [3.05, 3.63) is 29.8 Å². The third-order valence-electron chi connectivity index (χ3n) is 3.69. The van der Waals surface area contributed by atoms with E-state index in [1.807, 2.05) is 0 Å². The Morgan fingerprint density at radius 2 is 1.80 bits per heavy atom. The van der Waals surface area contributed by atoms with Crippen LogP contribution < -0.4 is 0 Å². The number of hydrogen-bond donors (Lipinski definition) is 2. The zero-order chi connectivity index (χ0) is 14.4. The van der Waals surface area contributed by atoms with Gasteiger partial charge in [0.25, 0.3) is 0 Å². The van der Waals surface area contributed by atoms with Gasteiger partial charge >= 0.3 is 0 Å². The summed E-state index contributed by atoms with van der Waals surface area (Å²) < 4.78 is 12.8. The molecule has 1 saturated heterocycles. The van der Waals surface area contributed by atoms with Crippen LogP contribution in [0, 0.1) is 5.82 Å². The van der Waals surface area contributed by atoms with Crippen molar-refractivity contribution in [3.8, 4) is 0 Å². The van der Waals surface area contributed by atoms with Crippen molar-refractivity contribution < 1.29 is 14.6 Å². The Morgan fingerprint density at radius 1 is 1.15 bits per heavy atom. The van der Waals surface area contributed by atoms with E-state index in [0.29, 0.717) is 12.1 Å². The minimum Gasteiger partial charge on any atom is -0.395 e. The van der Waals surface area contributed by atoms with E-state index >= 15 is 0 Å². The highest BCUT2D eigenvalue weighted by Gasteiger charge is 2.17. The van der Waals surface area contributed by atoms with Crippen LogP contribution in [0.2, 0.25) is 0 Å². The van der Waals surface area contributed by atoms with Gasteiger partial charge in [-0.3, -0.25) is 9.88 Å². The Kier molecular flexibility index (Phi) is 5.85. The summed E-state index contributed by atoms with van der Waals surface area (Å²) in [7, 11) is 0. The number of pyridine rings is 1. The van der Waals surface area contributed by atoms with Crippen LogP contribution >= 0.6 is 0 Å². The highest BCUT2D eigenvalue weighted by Crippen LogP contribution is 2.15. The fraction of sp³-hybridized carbons (Fsp3) is 0.643. The third-order valence-corrected chi connectivity index (χ3v) is 3.69. The van der Waals surface area contributed by atoms with Gasteiger partial charge in [-0.2, -0.15) is 0 Å². The first-order valence-corrected chi connectivity index (χ1v) is 7.04. The largest absolute Gasteiger partial charge is 0.395 e. The summed E-state index contributed by atoms with van der Waals surface area (Å²) in [5, 5.41) is 18.9. The maximum atomic E-state index is 12.8. The second-order valence-electron chi connectivity index (χ2n) is 5.11.